The lowest BCUT2D eigenvalue weighted by atomic mass is 9.80. The molecule has 15 heavy (non-hydrogen) atoms. The van der Waals surface area contributed by atoms with E-state index in [0.29, 0.717) is 24.3 Å². The van der Waals surface area contributed by atoms with Crippen molar-refractivity contribution in [1.29, 1.82) is 0 Å². The molecule has 0 aromatic rings. The molecule has 1 fully saturated rings. The number of nitrogens with two attached hydrogens (primary N) is 1. The Morgan fingerprint density at radius 2 is 2.13 bits per heavy atom. The third-order valence-electron chi connectivity index (χ3n) is 3.97. The van der Waals surface area contributed by atoms with E-state index < -0.39 is 5.97 Å². The third-order valence-corrected chi connectivity index (χ3v) is 3.97. The van der Waals surface area contributed by atoms with Crippen molar-refractivity contribution >= 4 is 5.97 Å². The van der Waals surface area contributed by atoms with Crippen molar-refractivity contribution < 1.29 is 9.90 Å². The van der Waals surface area contributed by atoms with Crippen LogP contribution in [-0.2, 0) is 4.79 Å². The van der Waals surface area contributed by atoms with Gasteiger partial charge in [0.25, 0.3) is 0 Å². The van der Waals surface area contributed by atoms with Crippen LogP contribution in [0.25, 0.3) is 0 Å². The molecule has 88 valence electrons. The van der Waals surface area contributed by atoms with E-state index in [9.17, 15) is 4.79 Å². The van der Waals surface area contributed by atoms with Crippen molar-refractivity contribution in [1.82, 2.24) is 0 Å². The highest BCUT2D eigenvalue weighted by molar-refractivity contribution is 5.67. The highest BCUT2D eigenvalue weighted by Gasteiger charge is 2.44. The van der Waals surface area contributed by atoms with Gasteiger partial charge in [0, 0.05) is 0 Å². The van der Waals surface area contributed by atoms with E-state index in [1.54, 1.807) is 0 Å². The maximum Gasteiger partial charge on any atom is 0.303 e. The topological polar surface area (TPSA) is 63.3 Å². The van der Waals surface area contributed by atoms with Crippen molar-refractivity contribution in [2.45, 2.75) is 40.0 Å². The fourth-order valence-corrected chi connectivity index (χ4v) is 3.22. The van der Waals surface area contributed by atoms with E-state index in [0.717, 1.165) is 12.8 Å². The number of carboxylic acid groups (broad SMARTS) is 1. The molecule has 0 bridgehead atoms. The smallest absolute Gasteiger partial charge is 0.303 e. The monoisotopic (exact) mass is 213 g/mol. The molecule has 1 aliphatic carbocycles. The Morgan fingerprint density at radius 3 is 2.47 bits per heavy atom. The van der Waals surface area contributed by atoms with Gasteiger partial charge in [-0.15, -0.1) is 0 Å². The predicted octanol–water partition coefficient (Wildman–Crippen LogP) is 2.11. The molecule has 0 aromatic carbocycles. The molecule has 0 unspecified atom stereocenters. The minimum atomic E-state index is -0.711. The van der Waals surface area contributed by atoms with Crippen molar-refractivity contribution in [3.8, 4) is 0 Å². The summed E-state index contributed by atoms with van der Waals surface area (Å²) in [7, 11) is 0. The van der Waals surface area contributed by atoms with Crippen LogP contribution in [0.4, 0.5) is 0 Å². The molecule has 0 spiro atoms. The number of carboxylic acids is 1. The normalized spacial score (nSPS) is 36.1. The zero-order chi connectivity index (χ0) is 11.6. The number of hydrogen-bond acceptors (Lipinski definition) is 2. The van der Waals surface area contributed by atoms with Crippen molar-refractivity contribution in [2.75, 3.05) is 6.54 Å². The number of aliphatic carboxylic acids is 1. The van der Waals surface area contributed by atoms with Gasteiger partial charge in [0.05, 0.1) is 6.42 Å². The molecule has 1 rings (SSSR count). The summed E-state index contributed by atoms with van der Waals surface area (Å²) in [5.74, 6) is 1.15. The van der Waals surface area contributed by atoms with Gasteiger partial charge in [-0.1, -0.05) is 20.8 Å². The van der Waals surface area contributed by atoms with Crippen LogP contribution in [0.2, 0.25) is 0 Å². The lowest BCUT2D eigenvalue weighted by Gasteiger charge is -2.26. The van der Waals surface area contributed by atoms with Crippen LogP contribution >= 0.6 is 0 Å². The summed E-state index contributed by atoms with van der Waals surface area (Å²) in [6.45, 7) is 7.17. The zero-order valence-electron chi connectivity index (χ0n) is 9.99. The number of rotatable bonds is 4. The molecular weight excluding hydrogens is 190 g/mol. The first-order valence-corrected chi connectivity index (χ1v) is 5.82. The minimum Gasteiger partial charge on any atom is -0.481 e. The summed E-state index contributed by atoms with van der Waals surface area (Å²) in [5, 5.41) is 8.93. The Kier molecular flexibility index (Phi) is 3.77. The minimum absolute atomic E-state index is 0.139. The molecule has 0 saturated heterocycles. The van der Waals surface area contributed by atoms with Crippen LogP contribution in [0.3, 0.4) is 0 Å². The maximum absolute atomic E-state index is 10.8. The van der Waals surface area contributed by atoms with Gasteiger partial charge in [-0.25, -0.2) is 0 Å². The second-order valence-electron chi connectivity index (χ2n) is 5.57. The van der Waals surface area contributed by atoms with E-state index in [1.807, 2.05) is 0 Å². The van der Waals surface area contributed by atoms with E-state index >= 15 is 0 Å². The van der Waals surface area contributed by atoms with Gasteiger partial charge < -0.3 is 10.8 Å². The summed E-state index contributed by atoms with van der Waals surface area (Å²) in [6.07, 6.45) is 2.18. The van der Waals surface area contributed by atoms with Crippen molar-refractivity contribution in [3.05, 3.63) is 0 Å². The van der Waals surface area contributed by atoms with Crippen LogP contribution in [0.15, 0.2) is 0 Å². The van der Waals surface area contributed by atoms with E-state index in [1.165, 1.54) is 0 Å². The SMILES string of the molecule is CC(C)[C@@H]1C[C@](CN)(CC(=O)O)C[C@H]1C. The summed E-state index contributed by atoms with van der Waals surface area (Å²) in [6, 6.07) is 0. The van der Waals surface area contributed by atoms with Gasteiger partial charge in [-0.3, -0.25) is 4.79 Å². The summed E-state index contributed by atoms with van der Waals surface area (Å²) in [4.78, 5) is 10.8. The van der Waals surface area contributed by atoms with E-state index in [-0.39, 0.29) is 11.8 Å². The molecule has 3 N–H and O–H groups in total. The Balaban J connectivity index is 2.74. The fraction of sp³-hybridized carbons (Fsp3) is 0.917. The number of hydrogen-bond donors (Lipinski definition) is 2. The second-order valence-corrected chi connectivity index (χ2v) is 5.57. The van der Waals surface area contributed by atoms with E-state index in [4.69, 9.17) is 10.8 Å². The standard InChI is InChI=1S/C12H23NO2/c1-8(2)10-5-12(7-13,4-9(10)3)6-11(14)15/h8-10H,4-7,13H2,1-3H3,(H,14,15)/t9-,10+,12+/m1/s1. The Bertz CT molecular complexity index is 240. The van der Waals surface area contributed by atoms with E-state index in [2.05, 4.69) is 20.8 Å². The molecule has 0 radical (unpaired) electrons. The first-order chi connectivity index (χ1) is 6.90. The first kappa shape index (κ1) is 12.5. The Hall–Kier alpha value is -0.570. The average molecular weight is 213 g/mol. The molecule has 3 atom stereocenters. The lowest BCUT2D eigenvalue weighted by Crippen LogP contribution is -2.31. The van der Waals surface area contributed by atoms with Crippen LogP contribution in [-0.4, -0.2) is 17.6 Å². The van der Waals surface area contributed by atoms with Gasteiger partial charge in [0.1, 0.15) is 0 Å². The van der Waals surface area contributed by atoms with Gasteiger partial charge in [0.15, 0.2) is 0 Å². The molecule has 3 nitrogen and oxygen atoms in total. The largest absolute Gasteiger partial charge is 0.481 e. The molecular formula is C12H23NO2. The van der Waals surface area contributed by atoms with Crippen molar-refractivity contribution in [2.24, 2.45) is 28.9 Å². The lowest BCUT2D eigenvalue weighted by molar-refractivity contribution is -0.139. The van der Waals surface area contributed by atoms with Gasteiger partial charge in [0.2, 0.25) is 0 Å². The summed E-state index contributed by atoms with van der Waals surface area (Å²) in [5.41, 5.74) is 5.64. The second kappa shape index (κ2) is 4.52. The third kappa shape index (κ3) is 2.71. The molecule has 0 aliphatic heterocycles. The van der Waals surface area contributed by atoms with Gasteiger partial charge in [-0.2, -0.15) is 0 Å². The maximum atomic E-state index is 10.8. The quantitative estimate of drug-likeness (QED) is 0.751. The molecule has 1 aliphatic rings. The zero-order valence-corrected chi connectivity index (χ0v) is 9.99. The molecule has 3 heteroatoms. The van der Waals surface area contributed by atoms with Crippen molar-refractivity contribution in [3.63, 3.8) is 0 Å². The summed E-state index contributed by atoms with van der Waals surface area (Å²) >= 11 is 0. The fourth-order valence-electron chi connectivity index (χ4n) is 3.22. The molecule has 1 saturated carbocycles. The molecule has 0 heterocycles. The Morgan fingerprint density at radius 1 is 1.53 bits per heavy atom. The predicted molar refractivity (Wildman–Crippen MR) is 60.5 cm³/mol. The summed E-state index contributed by atoms with van der Waals surface area (Å²) < 4.78 is 0. The molecule has 0 aromatic heterocycles. The van der Waals surface area contributed by atoms with Gasteiger partial charge >= 0.3 is 5.97 Å². The van der Waals surface area contributed by atoms with Crippen LogP contribution in [0.5, 0.6) is 0 Å². The Labute approximate surface area is 92.0 Å². The number of carbonyl (C=O) groups is 1. The van der Waals surface area contributed by atoms with Crippen LogP contribution < -0.4 is 5.73 Å². The highest BCUT2D eigenvalue weighted by atomic mass is 16.4. The molecule has 0 amide bonds. The van der Waals surface area contributed by atoms with Crippen LogP contribution in [0, 0.1) is 23.2 Å². The van der Waals surface area contributed by atoms with Gasteiger partial charge in [-0.05, 0) is 42.6 Å². The first-order valence-electron chi connectivity index (χ1n) is 5.82. The highest BCUT2D eigenvalue weighted by Crippen LogP contribution is 2.49. The van der Waals surface area contributed by atoms with Crippen LogP contribution in [0.1, 0.15) is 40.0 Å². The average Bonchev–Trinajstić information content (AvgIpc) is 2.43.